The van der Waals surface area contributed by atoms with Crippen LogP contribution in [-0.4, -0.2) is 29.0 Å². The number of aromatic nitrogens is 2. The van der Waals surface area contributed by atoms with Gasteiger partial charge in [0.15, 0.2) is 13.2 Å². The molecular formula is C18H13ClN2O5. The molecule has 0 atom stereocenters. The molecule has 0 radical (unpaired) electrons. The maximum absolute atomic E-state index is 11.7. The first kappa shape index (κ1) is 17.6. The summed E-state index contributed by atoms with van der Waals surface area (Å²) in [4.78, 5) is 26.4. The van der Waals surface area contributed by atoms with Crippen LogP contribution in [0.1, 0.15) is 16.2 Å². The number of halogens is 1. The highest BCUT2D eigenvalue weighted by Gasteiger charge is 2.13. The SMILES string of the molecule is O=Cc1ccc(OCC(=O)OCc2nc(-c3ccccc3Cl)no2)cc1. The number of ether oxygens (including phenoxy) is 2. The Morgan fingerprint density at radius 3 is 2.65 bits per heavy atom. The highest BCUT2D eigenvalue weighted by molar-refractivity contribution is 6.33. The van der Waals surface area contributed by atoms with Crippen molar-refractivity contribution in [3.63, 3.8) is 0 Å². The Bertz CT molecular complexity index is 908. The van der Waals surface area contributed by atoms with Crippen LogP contribution in [0.3, 0.4) is 0 Å². The Balaban J connectivity index is 1.50. The second-order valence-corrected chi connectivity index (χ2v) is 5.54. The van der Waals surface area contributed by atoms with Gasteiger partial charge >= 0.3 is 5.97 Å². The molecule has 0 saturated carbocycles. The molecule has 0 aliphatic heterocycles. The Hall–Kier alpha value is -3.19. The van der Waals surface area contributed by atoms with Gasteiger partial charge in [0.25, 0.3) is 5.89 Å². The molecule has 0 N–H and O–H groups in total. The minimum Gasteiger partial charge on any atom is -0.482 e. The Morgan fingerprint density at radius 1 is 1.15 bits per heavy atom. The van der Waals surface area contributed by atoms with Crippen molar-refractivity contribution >= 4 is 23.9 Å². The Labute approximate surface area is 153 Å². The Morgan fingerprint density at radius 2 is 1.92 bits per heavy atom. The molecule has 0 saturated heterocycles. The van der Waals surface area contributed by atoms with Crippen molar-refractivity contribution in [1.29, 1.82) is 0 Å². The van der Waals surface area contributed by atoms with E-state index in [0.29, 0.717) is 27.7 Å². The fourth-order valence-electron chi connectivity index (χ4n) is 2.03. The summed E-state index contributed by atoms with van der Waals surface area (Å²) in [6.07, 6.45) is 0.722. The standard InChI is InChI=1S/C18H13ClN2O5/c19-15-4-2-1-3-14(15)18-20-16(26-21-18)10-25-17(23)11-24-13-7-5-12(9-22)6-8-13/h1-9H,10-11H2. The summed E-state index contributed by atoms with van der Waals surface area (Å²) in [6, 6.07) is 13.4. The lowest BCUT2D eigenvalue weighted by Gasteiger charge is -2.05. The quantitative estimate of drug-likeness (QED) is 0.464. The van der Waals surface area contributed by atoms with Crippen LogP contribution in [-0.2, 0) is 16.1 Å². The smallest absolute Gasteiger partial charge is 0.344 e. The van der Waals surface area contributed by atoms with E-state index in [-0.39, 0.29) is 19.1 Å². The third-order valence-corrected chi connectivity index (χ3v) is 3.64. The molecule has 2 aromatic carbocycles. The zero-order chi connectivity index (χ0) is 18.4. The summed E-state index contributed by atoms with van der Waals surface area (Å²) in [5, 5.41) is 4.31. The summed E-state index contributed by atoms with van der Waals surface area (Å²) in [5.41, 5.74) is 1.14. The van der Waals surface area contributed by atoms with Gasteiger partial charge in [0, 0.05) is 11.1 Å². The second kappa shape index (κ2) is 8.26. The first-order chi connectivity index (χ1) is 12.7. The summed E-state index contributed by atoms with van der Waals surface area (Å²) < 4.78 is 15.3. The Kier molecular flexibility index (Phi) is 5.60. The van der Waals surface area contributed by atoms with Crippen LogP contribution in [0.25, 0.3) is 11.4 Å². The van der Waals surface area contributed by atoms with E-state index in [9.17, 15) is 9.59 Å². The summed E-state index contributed by atoms with van der Waals surface area (Å²) in [6.45, 7) is -0.463. The number of carbonyl (C=O) groups excluding carboxylic acids is 2. The van der Waals surface area contributed by atoms with E-state index in [1.54, 1.807) is 48.5 Å². The molecule has 26 heavy (non-hydrogen) atoms. The van der Waals surface area contributed by atoms with Crippen molar-refractivity contribution in [3.05, 3.63) is 65.0 Å². The molecule has 1 aromatic heterocycles. The molecule has 0 unspecified atom stereocenters. The topological polar surface area (TPSA) is 91.5 Å². The molecular weight excluding hydrogens is 360 g/mol. The van der Waals surface area contributed by atoms with Gasteiger partial charge in [-0.05, 0) is 36.4 Å². The molecule has 0 bridgehead atoms. The molecule has 3 rings (SSSR count). The minimum absolute atomic E-state index is 0.142. The van der Waals surface area contributed by atoms with Crippen molar-refractivity contribution in [2.45, 2.75) is 6.61 Å². The monoisotopic (exact) mass is 372 g/mol. The van der Waals surface area contributed by atoms with Gasteiger partial charge in [-0.25, -0.2) is 4.79 Å². The minimum atomic E-state index is -0.595. The van der Waals surface area contributed by atoms with Crippen LogP contribution in [0.2, 0.25) is 5.02 Å². The average molecular weight is 373 g/mol. The third kappa shape index (κ3) is 4.46. The van der Waals surface area contributed by atoms with Crippen molar-refractivity contribution in [3.8, 4) is 17.1 Å². The van der Waals surface area contributed by atoms with E-state index in [1.165, 1.54) is 0 Å². The predicted molar refractivity (Wildman–Crippen MR) is 91.9 cm³/mol. The molecule has 0 aliphatic rings. The molecule has 132 valence electrons. The average Bonchev–Trinajstić information content (AvgIpc) is 3.14. The van der Waals surface area contributed by atoms with Gasteiger partial charge in [-0.3, -0.25) is 4.79 Å². The molecule has 3 aromatic rings. The van der Waals surface area contributed by atoms with E-state index < -0.39 is 5.97 Å². The van der Waals surface area contributed by atoms with Gasteiger partial charge in [0.05, 0.1) is 5.02 Å². The van der Waals surface area contributed by atoms with Gasteiger partial charge in [-0.1, -0.05) is 28.9 Å². The van der Waals surface area contributed by atoms with Crippen molar-refractivity contribution < 1.29 is 23.6 Å². The molecule has 7 nitrogen and oxygen atoms in total. The number of hydrogen-bond acceptors (Lipinski definition) is 7. The van der Waals surface area contributed by atoms with E-state index in [0.717, 1.165) is 6.29 Å². The molecule has 0 aliphatic carbocycles. The molecule has 0 spiro atoms. The molecule has 0 fully saturated rings. The lowest BCUT2D eigenvalue weighted by Crippen LogP contribution is -2.14. The third-order valence-electron chi connectivity index (χ3n) is 3.31. The molecule has 1 heterocycles. The first-order valence-corrected chi connectivity index (χ1v) is 7.94. The zero-order valence-electron chi connectivity index (χ0n) is 13.4. The van der Waals surface area contributed by atoms with Crippen molar-refractivity contribution in [2.24, 2.45) is 0 Å². The number of aldehydes is 1. The van der Waals surface area contributed by atoms with Crippen LogP contribution in [0.5, 0.6) is 5.75 Å². The maximum Gasteiger partial charge on any atom is 0.344 e. The van der Waals surface area contributed by atoms with E-state index in [2.05, 4.69) is 10.1 Å². The van der Waals surface area contributed by atoms with Gasteiger partial charge in [0.2, 0.25) is 5.82 Å². The second-order valence-electron chi connectivity index (χ2n) is 5.13. The molecule has 8 heteroatoms. The number of benzene rings is 2. The van der Waals surface area contributed by atoms with Gasteiger partial charge in [0.1, 0.15) is 12.0 Å². The van der Waals surface area contributed by atoms with Crippen molar-refractivity contribution in [2.75, 3.05) is 6.61 Å². The van der Waals surface area contributed by atoms with Crippen LogP contribution >= 0.6 is 11.6 Å². The lowest BCUT2D eigenvalue weighted by molar-refractivity contribution is -0.148. The number of rotatable bonds is 7. The highest BCUT2D eigenvalue weighted by atomic mass is 35.5. The summed E-state index contributed by atoms with van der Waals surface area (Å²) in [7, 11) is 0. The van der Waals surface area contributed by atoms with Crippen molar-refractivity contribution in [1.82, 2.24) is 10.1 Å². The van der Waals surface area contributed by atoms with Crippen LogP contribution in [0, 0.1) is 0 Å². The van der Waals surface area contributed by atoms with E-state index >= 15 is 0 Å². The van der Waals surface area contributed by atoms with Gasteiger partial charge in [-0.15, -0.1) is 0 Å². The number of esters is 1. The fraction of sp³-hybridized carbons (Fsp3) is 0.111. The zero-order valence-corrected chi connectivity index (χ0v) is 14.2. The summed E-state index contributed by atoms with van der Waals surface area (Å²) >= 11 is 6.07. The maximum atomic E-state index is 11.7. The van der Waals surface area contributed by atoms with Gasteiger partial charge < -0.3 is 14.0 Å². The fourth-order valence-corrected chi connectivity index (χ4v) is 2.25. The van der Waals surface area contributed by atoms with Crippen LogP contribution in [0.15, 0.2) is 53.1 Å². The molecule has 0 amide bonds. The number of hydrogen-bond donors (Lipinski definition) is 0. The first-order valence-electron chi connectivity index (χ1n) is 7.57. The largest absolute Gasteiger partial charge is 0.482 e. The normalized spacial score (nSPS) is 10.3. The van der Waals surface area contributed by atoms with E-state index in [1.807, 2.05) is 0 Å². The lowest BCUT2D eigenvalue weighted by atomic mass is 10.2. The van der Waals surface area contributed by atoms with E-state index in [4.69, 9.17) is 25.6 Å². The predicted octanol–water partition coefficient (Wildman–Crippen LogP) is 3.32. The van der Waals surface area contributed by atoms with Gasteiger partial charge in [-0.2, -0.15) is 4.98 Å². The van der Waals surface area contributed by atoms with Crippen LogP contribution in [0.4, 0.5) is 0 Å². The summed E-state index contributed by atoms with van der Waals surface area (Å²) in [5.74, 6) is 0.310. The number of nitrogens with zero attached hydrogens (tertiary/aromatic N) is 2. The number of carbonyl (C=O) groups is 2. The van der Waals surface area contributed by atoms with Crippen LogP contribution < -0.4 is 4.74 Å². The highest BCUT2D eigenvalue weighted by Crippen LogP contribution is 2.24.